The number of carbonyl (C=O) groups is 2. The first-order valence-corrected chi connectivity index (χ1v) is 9.65. The molecule has 2 amide bonds. The summed E-state index contributed by atoms with van der Waals surface area (Å²) in [5.41, 5.74) is 0.345. The van der Waals surface area contributed by atoms with Crippen molar-refractivity contribution < 1.29 is 23.5 Å². The first-order chi connectivity index (χ1) is 13.3. The van der Waals surface area contributed by atoms with Crippen LogP contribution in [0, 0.1) is 5.82 Å². The van der Waals surface area contributed by atoms with Crippen LogP contribution < -0.4 is 5.32 Å². The third-order valence-corrected chi connectivity index (χ3v) is 4.83. The van der Waals surface area contributed by atoms with Gasteiger partial charge >= 0.3 is 6.09 Å². The molecule has 7 nitrogen and oxygen atoms in total. The SMILES string of the molecule is CCOC(=O)N(C)CC(=O)NC[C@H](c1c(F)cccc1Cl)N1CCO[C@H](C)C1. The Bertz CT molecular complexity index is 671. The van der Waals surface area contributed by atoms with E-state index in [-0.39, 0.29) is 31.7 Å². The van der Waals surface area contributed by atoms with Crippen LogP contribution in [0.2, 0.25) is 5.02 Å². The number of amides is 2. The molecule has 1 N–H and O–H groups in total. The topological polar surface area (TPSA) is 71.1 Å². The highest BCUT2D eigenvalue weighted by atomic mass is 35.5. The minimum absolute atomic E-state index is 0.00699. The van der Waals surface area contributed by atoms with E-state index in [0.717, 1.165) is 0 Å². The average molecular weight is 416 g/mol. The molecule has 1 aliphatic heterocycles. The zero-order chi connectivity index (χ0) is 20.7. The second-order valence-corrected chi connectivity index (χ2v) is 7.09. The number of ether oxygens (including phenoxy) is 2. The van der Waals surface area contributed by atoms with E-state index >= 15 is 0 Å². The van der Waals surface area contributed by atoms with E-state index in [9.17, 15) is 14.0 Å². The van der Waals surface area contributed by atoms with Crippen LogP contribution in [0.15, 0.2) is 18.2 Å². The molecule has 0 spiro atoms. The molecular formula is C19H27ClFN3O4. The Morgan fingerprint density at radius 1 is 1.50 bits per heavy atom. The smallest absolute Gasteiger partial charge is 0.409 e. The summed E-state index contributed by atoms with van der Waals surface area (Å²) >= 11 is 6.28. The summed E-state index contributed by atoms with van der Waals surface area (Å²) in [7, 11) is 1.48. The first-order valence-electron chi connectivity index (χ1n) is 9.27. The van der Waals surface area contributed by atoms with Crippen molar-refractivity contribution in [3.05, 3.63) is 34.6 Å². The number of rotatable bonds is 7. The number of halogens is 2. The summed E-state index contributed by atoms with van der Waals surface area (Å²) in [5, 5.41) is 3.09. The van der Waals surface area contributed by atoms with E-state index in [4.69, 9.17) is 21.1 Å². The lowest BCUT2D eigenvalue weighted by molar-refractivity contribution is -0.122. The van der Waals surface area contributed by atoms with Gasteiger partial charge in [-0.2, -0.15) is 0 Å². The highest BCUT2D eigenvalue weighted by Crippen LogP contribution is 2.31. The third kappa shape index (κ3) is 6.05. The van der Waals surface area contributed by atoms with Crippen LogP contribution in [0.4, 0.5) is 9.18 Å². The van der Waals surface area contributed by atoms with Crippen molar-refractivity contribution in [1.82, 2.24) is 15.1 Å². The molecule has 0 aromatic heterocycles. The van der Waals surface area contributed by atoms with Gasteiger partial charge in [0.25, 0.3) is 0 Å². The lowest BCUT2D eigenvalue weighted by Gasteiger charge is -2.38. The van der Waals surface area contributed by atoms with Gasteiger partial charge in [0.1, 0.15) is 12.4 Å². The van der Waals surface area contributed by atoms with Gasteiger partial charge in [-0.25, -0.2) is 9.18 Å². The predicted molar refractivity (Wildman–Crippen MR) is 104 cm³/mol. The van der Waals surface area contributed by atoms with Gasteiger partial charge in [-0.1, -0.05) is 17.7 Å². The zero-order valence-corrected chi connectivity index (χ0v) is 17.2. The summed E-state index contributed by atoms with van der Waals surface area (Å²) < 4.78 is 25.0. The van der Waals surface area contributed by atoms with Gasteiger partial charge in [-0.15, -0.1) is 0 Å². The molecule has 9 heteroatoms. The van der Waals surface area contributed by atoms with Gasteiger partial charge in [-0.05, 0) is 26.0 Å². The van der Waals surface area contributed by atoms with Crippen LogP contribution in [0.1, 0.15) is 25.5 Å². The minimum Gasteiger partial charge on any atom is -0.450 e. The molecule has 1 saturated heterocycles. The third-order valence-electron chi connectivity index (χ3n) is 4.50. The molecule has 2 rings (SSSR count). The zero-order valence-electron chi connectivity index (χ0n) is 16.4. The summed E-state index contributed by atoms with van der Waals surface area (Å²) in [6.07, 6.45) is -0.583. The first kappa shape index (κ1) is 22.4. The van der Waals surface area contributed by atoms with Crippen molar-refractivity contribution in [2.45, 2.75) is 26.0 Å². The fourth-order valence-electron chi connectivity index (χ4n) is 3.15. The van der Waals surface area contributed by atoms with Crippen LogP contribution in [-0.4, -0.2) is 74.3 Å². The summed E-state index contributed by atoms with van der Waals surface area (Å²) in [4.78, 5) is 27.2. The van der Waals surface area contributed by atoms with Gasteiger partial charge in [-0.3, -0.25) is 9.69 Å². The Balaban J connectivity index is 2.10. The van der Waals surface area contributed by atoms with Gasteiger partial charge in [0.15, 0.2) is 0 Å². The molecule has 156 valence electrons. The molecule has 1 aromatic carbocycles. The van der Waals surface area contributed by atoms with E-state index < -0.39 is 18.0 Å². The van der Waals surface area contributed by atoms with Crippen LogP contribution in [-0.2, 0) is 14.3 Å². The molecular weight excluding hydrogens is 389 g/mol. The monoisotopic (exact) mass is 415 g/mol. The van der Waals surface area contributed by atoms with Gasteiger partial charge in [0, 0.05) is 37.3 Å². The number of benzene rings is 1. The maximum atomic E-state index is 14.6. The maximum absolute atomic E-state index is 14.6. The van der Waals surface area contributed by atoms with E-state index in [2.05, 4.69) is 5.32 Å². The largest absolute Gasteiger partial charge is 0.450 e. The Morgan fingerprint density at radius 2 is 2.25 bits per heavy atom. The molecule has 1 fully saturated rings. The highest BCUT2D eigenvalue weighted by Gasteiger charge is 2.29. The number of nitrogens with zero attached hydrogens (tertiary/aromatic N) is 2. The minimum atomic E-state index is -0.576. The van der Waals surface area contributed by atoms with Crippen molar-refractivity contribution in [2.75, 3.05) is 46.4 Å². The number of hydrogen-bond acceptors (Lipinski definition) is 5. The molecule has 0 bridgehead atoms. The molecule has 0 saturated carbocycles. The molecule has 1 aliphatic rings. The van der Waals surface area contributed by atoms with E-state index in [1.54, 1.807) is 19.1 Å². The lowest BCUT2D eigenvalue weighted by atomic mass is 10.0. The second-order valence-electron chi connectivity index (χ2n) is 6.69. The number of nitrogens with one attached hydrogen (secondary N) is 1. The van der Waals surface area contributed by atoms with E-state index in [1.807, 2.05) is 11.8 Å². The molecule has 1 heterocycles. The van der Waals surface area contributed by atoms with Crippen LogP contribution >= 0.6 is 11.6 Å². The van der Waals surface area contributed by atoms with E-state index in [0.29, 0.717) is 30.3 Å². The molecule has 0 aliphatic carbocycles. The molecule has 0 unspecified atom stereocenters. The Kier molecular flexibility index (Phi) is 8.47. The summed E-state index contributed by atoms with van der Waals surface area (Å²) in [6.45, 7) is 5.57. The van der Waals surface area contributed by atoms with Gasteiger partial charge < -0.3 is 19.7 Å². The molecule has 1 aromatic rings. The van der Waals surface area contributed by atoms with Crippen molar-refractivity contribution in [2.24, 2.45) is 0 Å². The highest BCUT2D eigenvalue weighted by molar-refractivity contribution is 6.31. The van der Waals surface area contributed by atoms with Crippen molar-refractivity contribution >= 4 is 23.6 Å². The summed E-state index contributed by atoms with van der Waals surface area (Å²) in [5.74, 6) is -0.788. The summed E-state index contributed by atoms with van der Waals surface area (Å²) in [6, 6.07) is 4.09. The fraction of sp³-hybridized carbons (Fsp3) is 0.579. The Hall–Kier alpha value is -1.90. The lowest BCUT2D eigenvalue weighted by Crippen LogP contribution is -2.48. The van der Waals surface area contributed by atoms with Crippen molar-refractivity contribution in [1.29, 1.82) is 0 Å². The van der Waals surface area contributed by atoms with E-state index in [1.165, 1.54) is 18.0 Å². The Labute approximate surface area is 169 Å². The number of morpholine rings is 1. The predicted octanol–water partition coefficient (Wildman–Crippen LogP) is 2.45. The van der Waals surface area contributed by atoms with Crippen LogP contribution in [0.3, 0.4) is 0 Å². The van der Waals surface area contributed by atoms with Crippen molar-refractivity contribution in [3.63, 3.8) is 0 Å². The number of likely N-dealkylation sites (N-methyl/N-ethyl adjacent to an activating group) is 1. The standard InChI is InChI=1S/C19H27ClFN3O4/c1-4-27-19(26)23(3)12-17(25)22-10-16(24-8-9-28-13(2)11-24)18-14(20)6-5-7-15(18)21/h5-7,13,16H,4,8-12H2,1-3H3,(H,22,25)/t13-,16-/m1/s1. The fourth-order valence-corrected chi connectivity index (χ4v) is 3.44. The quantitative estimate of drug-likeness (QED) is 0.740. The normalized spacial score (nSPS) is 18.4. The molecule has 2 atom stereocenters. The molecule has 28 heavy (non-hydrogen) atoms. The number of carbonyl (C=O) groups excluding carboxylic acids is 2. The van der Waals surface area contributed by atoms with Crippen LogP contribution in [0.5, 0.6) is 0 Å². The Morgan fingerprint density at radius 3 is 2.89 bits per heavy atom. The van der Waals surface area contributed by atoms with Gasteiger partial charge in [0.05, 0.1) is 25.4 Å². The second kappa shape index (κ2) is 10.6. The van der Waals surface area contributed by atoms with Crippen LogP contribution in [0.25, 0.3) is 0 Å². The van der Waals surface area contributed by atoms with Gasteiger partial charge in [0.2, 0.25) is 5.91 Å². The maximum Gasteiger partial charge on any atom is 0.409 e. The number of hydrogen-bond donors (Lipinski definition) is 1. The molecule has 0 radical (unpaired) electrons. The van der Waals surface area contributed by atoms with Crippen molar-refractivity contribution in [3.8, 4) is 0 Å². The average Bonchev–Trinajstić information content (AvgIpc) is 2.64.